The van der Waals surface area contributed by atoms with E-state index in [1.165, 1.54) is 71.2 Å². The molecule has 2 aliphatic rings. The fraction of sp³-hybridized carbons (Fsp3) is 1.00. The third-order valence-electron chi connectivity index (χ3n) is 5.16. The largest absolute Gasteiger partial charge is 0.306 e. The van der Waals surface area contributed by atoms with Gasteiger partial charge in [0, 0.05) is 12.6 Å². The van der Waals surface area contributed by atoms with E-state index in [0.717, 1.165) is 12.0 Å². The van der Waals surface area contributed by atoms with Crippen LogP contribution >= 0.6 is 0 Å². The van der Waals surface area contributed by atoms with Crippen LogP contribution in [0.5, 0.6) is 0 Å². The van der Waals surface area contributed by atoms with Gasteiger partial charge in [-0.25, -0.2) is 0 Å². The molecule has 2 heterocycles. The minimum Gasteiger partial charge on any atom is -0.306 e. The molecule has 3 nitrogen and oxygen atoms in total. The summed E-state index contributed by atoms with van der Waals surface area (Å²) in [6.07, 6.45) is 8.35. The van der Waals surface area contributed by atoms with Crippen molar-refractivity contribution >= 4 is 0 Å². The topological polar surface area (TPSA) is 9.72 Å². The molecule has 0 aliphatic carbocycles. The first-order chi connectivity index (χ1) is 9.15. The normalized spacial score (nSPS) is 32.2. The Morgan fingerprint density at radius 3 is 2.21 bits per heavy atom. The van der Waals surface area contributed by atoms with Crippen LogP contribution in [0.2, 0.25) is 0 Å². The number of rotatable bonds is 3. The molecule has 2 rings (SSSR count). The fourth-order valence-electron chi connectivity index (χ4n) is 3.71. The quantitative estimate of drug-likeness (QED) is 0.776. The zero-order valence-electron chi connectivity index (χ0n) is 13.3. The molecule has 0 aromatic rings. The predicted molar refractivity (Wildman–Crippen MR) is 82.6 cm³/mol. The van der Waals surface area contributed by atoms with Gasteiger partial charge in [-0.15, -0.1) is 0 Å². The van der Waals surface area contributed by atoms with E-state index in [9.17, 15) is 0 Å². The zero-order valence-corrected chi connectivity index (χ0v) is 13.3. The van der Waals surface area contributed by atoms with Gasteiger partial charge in [-0.3, -0.25) is 0 Å². The van der Waals surface area contributed by atoms with Gasteiger partial charge in [-0.1, -0.05) is 0 Å². The maximum absolute atomic E-state index is 2.68. The molecule has 2 saturated heterocycles. The van der Waals surface area contributed by atoms with Crippen molar-refractivity contribution in [3.63, 3.8) is 0 Å². The standard InChI is InChI=1S/C16H33N3/c1-17-10-4-6-15(8-12-17)14-19(3)16-7-5-11-18(2)13-9-16/h15-16H,4-14H2,1-3H3. The lowest BCUT2D eigenvalue weighted by Gasteiger charge is -2.30. The average molecular weight is 267 g/mol. The van der Waals surface area contributed by atoms with Crippen LogP contribution in [0, 0.1) is 5.92 Å². The van der Waals surface area contributed by atoms with E-state index in [1.54, 1.807) is 0 Å². The summed E-state index contributed by atoms with van der Waals surface area (Å²) in [6.45, 7) is 6.49. The van der Waals surface area contributed by atoms with Crippen LogP contribution in [0.15, 0.2) is 0 Å². The van der Waals surface area contributed by atoms with Crippen LogP contribution < -0.4 is 0 Å². The van der Waals surface area contributed by atoms with Crippen molar-refractivity contribution in [2.45, 2.75) is 44.6 Å². The first kappa shape index (κ1) is 15.3. The van der Waals surface area contributed by atoms with Gasteiger partial charge in [0.25, 0.3) is 0 Å². The third kappa shape index (κ3) is 5.05. The minimum absolute atomic E-state index is 0.825. The molecule has 2 fully saturated rings. The van der Waals surface area contributed by atoms with Gasteiger partial charge in [-0.05, 0) is 91.8 Å². The summed E-state index contributed by atoms with van der Waals surface area (Å²) in [4.78, 5) is 7.67. The first-order valence-corrected chi connectivity index (χ1v) is 8.22. The SMILES string of the molecule is CN1CCCC(CN(C)C2CCCN(C)CC2)CC1. The van der Waals surface area contributed by atoms with Gasteiger partial charge in [0.1, 0.15) is 0 Å². The minimum atomic E-state index is 0.825. The van der Waals surface area contributed by atoms with Gasteiger partial charge >= 0.3 is 0 Å². The fourth-order valence-corrected chi connectivity index (χ4v) is 3.71. The Bertz CT molecular complexity index is 256. The molecule has 0 spiro atoms. The van der Waals surface area contributed by atoms with Gasteiger partial charge in [-0.2, -0.15) is 0 Å². The summed E-state index contributed by atoms with van der Waals surface area (Å²) >= 11 is 0. The zero-order chi connectivity index (χ0) is 13.7. The van der Waals surface area contributed by atoms with Gasteiger partial charge < -0.3 is 14.7 Å². The smallest absolute Gasteiger partial charge is 0.0105 e. The molecule has 3 heteroatoms. The molecular weight excluding hydrogens is 234 g/mol. The molecule has 2 atom stereocenters. The number of nitrogens with zero attached hydrogens (tertiary/aromatic N) is 3. The molecule has 0 N–H and O–H groups in total. The van der Waals surface area contributed by atoms with Crippen molar-refractivity contribution in [2.24, 2.45) is 5.92 Å². The van der Waals surface area contributed by atoms with Crippen molar-refractivity contribution in [1.82, 2.24) is 14.7 Å². The Balaban J connectivity index is 1.77. The summed E-state index contributed by atoms with van der Waals surface area (Å²) in [5, 5.41) is 0. The van der Waals surface area contributed by atoms with Gasteiger partial charge in [0.15, 0.2) is 0 Å². The maximum atomic E-state index is 2.68. The van der Waals surface area contributed by atoms with Crippen molar-refractivity contribution in [1.29, 1.82) is 0 Å². The van der Waals surface area contributed by atoms with Crippen molar-refractivity contribution < 1.29 is 0 Å². The van der Waals surface area contributed by atoms with E-state index in [1.807, 2.05) is 0 Å². The summed E-state index contributed by atoms with van der Waals surface area (Å²) < 4.78 is 0. The van der Waals surface area contributed by atoms with E-state index in [0.29, 0.717) is 0 Å². The Hall–Kier alpha value is -0.120. The molecule has 0 saturated carbocycles. The summed E-state index contributed by atoms with van der Waals surface area (Å²) in [6, 6.07) is 0.825. The van der Waals surface area contributed by atoms with Crippen LogP contribution in [-0.2, 0) is 0 Å². The third-order valence-corrected chi connectivity index (χ3v) is 5.16. The second-order valence-electron chi connectivity index (χ2n) is 6.93. The van der Waals surface area contributed by atoms with E-state index in [4.69, 9.17) is 0 Å². The Kier molecular flexibility index (Phi) is 6.11. The number of hydrogen-bond donors (Lipinski definition) is 0. The molecular formula is C16H33N3. The average Bonchev–Trinajstić information content (AvgIpc) is 2.71. The number of likely N-dealkylation sites (tertiary alicyclic amines) is 2. The van der Waals surface area contributed by atoms with Crippen LogP contribution in [0.4, 0.5) is 0 Å². The Morgan fingerprint density at radius 2 is 1.47 bits per heavy atom. The van der Waals surface area contributed by atoms with Gasteiger partial charge in [0.2, 0.25) is 0 Å². The van der Waals surface area contributed by atoms with Crippen molar-refractivity contribution in [3.8, 4) is 0 Å². The molecule has 2 unspecified atom stereocenters. The molecule has 2 aliphatic heterocycles. The summed E-state index contributed by atoms with van der Waals surface area (Å²) in [7, 11) is 6.90. The van der Waals surface area contributed by atoms with Crippen molar-refractivity contribution in [2.75, 3.05) is 53.9 Å². The van der Waals surface area contributed by atoms with Crippen LogP contribution in [0.1, 0.15) is 38.5 Å². The maximum Gasteiger partial charge on any atom is 0.0105 e. The van der Waals surface area contributed by atoms with Crippen LogP contribution in [-0.4, -0.2) is 74.6 Å². The van der Waals surface area contributed by atoms with Gasteiger partial charge in [0.05, 0.1) is 0 Å². The lowest BCUT2D eigenvalue weighted by atomic mass is 9.98. The lowest BCUT2D eigenvalue weighted by Crippen LogP contribution is -2.36. The van der Waals surface area contributed by atoms with E-state index >= 15 is 0 Å². The molecule has 0 aromatic carbocycles. The lowest BCUT2D eigenvalue weighted by molar-refractivity contribution is 0.180. The Morgan fingerprint density at radius 1 is 0.842 bits per heavy atom. The second-order valence-corrected chi connectivity index (χ2v) is 6.93. The van der Waals surface area contributed by atoms with Crippen molar-refractivity contribution in [3.05, 3.63) is 0 Å². The highest BCUT2D eigenvalue weighted by Gasteiger charge is 2.22. The summed E-state index contributed by atoms with van der Waals surface area (Å²) in [5.74, 6) is 0.927. The highest BCUT2D eigenvalue weighted by molar-refractivity contribution is 4.78. The molecule has 0 bridgehead atoms. The first-order valence-electron chi connectivity index (χ1n) is 8.22. The predicted octanol–water partition coefficient (Wildman–Crippen LogP) is 2.13. The monoisotopic (exact) mass is 267 g/mol. The van der Waals surface area contributed by atoms with Crippen LogP contribution in [0.25, 0.3) is 0 Å². The molecule has 0 amide bonds. The molecule has 19 heavy (non-hydrogen) atoms. The van der Waals surface area contributed by atoms with E-state index < -0.39 is 0 Å². The highest BCUT2D eigenvalue weighted by Crippen LogP contribution is 2.21. The molecule has 0 radical (unpaired) electrons. The molecule has 0 aromatic heterocycles. The molecule has 112 valence electrons. The second kappa shape index (κ2) is 7.61. The van der Waals surface area contributed by atoms with E-state index in [-0.39, 0.29) is 0 Å². The highest BCUT2D eigenvalue weighted by atomic mass is 15.2. The van der Waals surface area contributed by atoms with E-state index in [2.05, 4.69) is 35.8 Å². The van der Waals surface area contributed by atoms with Crippen LogP contribution in [0.3, 0.4) is 0 Å². The summed E-state index contributed by atoms with van der Waals surface area (Å²) in [5.41, 5.74) is 0. The Labute approximate surface area is 119 Å². The number of hydrogen-bond acceptors (Lipinski definition) is 3.